The van der Waals surface area contributed by atoms with Crippen molar-refractivity contribution in [3.8, 4) is 0 Å². The van der Waals surface area contributed by atoms with Crippen molar-refractivity contribution in [2.75, 3.05) is 0 Å². The van der Waals surface area contributed by atoms with Gasteiger partial charge < -0.3 is 5.73 Å². The first-order valence-corrected chi connectivity index (χ1v) is 3.42. The molecule has 2 heterocycles. The Labute approximate surface area is 68.3 Å². The molecule has 0 amide bonds. The summed E-state index contributed by atoms with van der Waals surface area (Å²) >= 11 is 0. The van der Waals surface area contributed by atoms with Crippen LogP contribution in [0.15, 0.2) is 24.5 Å². The fourth-order valence-corrected chi connectivity index (χ4v) is 0.980. The molecule has 0 saturated carbocycles. The highest BCUT2D eigenvalue weighted by molar-refractivity contribution is 5.94. The number of rotatable bonds is 1. The molecule has 5 heteroatoms. The molecule has 0 aliphatic rings. The van der Waals surface area contributed by atoms with Crippen LogP contribution in [0.25, 0.3) is 5.52 Å². The van der Waals surface area contributed by atoms with Gasteiger partial charge >= 0.3 is 0 Å². The van der Waals surface area contributed by atoms with Gasteiger partial charge in [-0.3, -0.25) is 5.41 Å². The molecule has 0 saturated heterocycles. The van der Waals surface area contributed by atoms with Crippen molar-refractivity contribution in [3.63, 3.8) is 0 Å². The molecule has 60 valence electrons. The topological polar surface area (TPSA) is 80.1 Å². The van der Waals surface area contributed by atoms with E-state index in [1.165, 1.54) is 0 Å². The van der Waals surface area contributed by atoms with Crippen LogP contribution >= 0.6 is 0 Å². The normalized spacial score (nSPS) is 10.3. The van der Waals surface area contributed by atoms with E-state index in [4.69, 9.17) is 11.1 Å². The number of nitrogens with zero attached hydrogens (tertiary/aromatic N) is 3. The van der Waals surface area contributed by atoms with E-state index in [0.29, 0.717) is 5.56 Å². The zero-order chi connectivity index (χ0) is 8.55. The minimum absolute atomic E-state index is 0.0346. The standard InChI is InChI=1S/C7H7N5/c8-7(9)5-1-2-6-3-10-11-12(6)4-5/h1-4H,(H3,8,9). The van der Waals surface area contributed by atoms with Gasteiger partial charge in [0, 0.05) is 11.8 Å². The Hall–Kier alpha value is -1.91. The van der Waals surface area contributed by atoms with Crippen LogP contribution in [0.3, 0.4) is 0 Å². The molecule has 0 unspecified atom stereocenters. The number of nitrogens with two attached hydrogens (primary N) is 1. The Bertz CT molecular complexity index is 430. The average Bonchev–Trinajstić information content (AvgIpc) is 2.49. The molecule has 0 spiro atoms. The van der Waals surface area contributed by atoms with Crippen LogP contribution in [0.4, 0.5) is 0 Å². The molecule has 5 nitrogen and oxygen atoms in total. The van der Waals surface area contributed by atoms with Crippen molar-refractivity contribution in [3.05, 3.63) is 30.1 Å². The summed E-state index contributed by atoms with van der Waals surface area (Å²) in [7, 11) is 0. The number of nitrogens with one attached hydrogen (secondary N) is 1. The highest BCUT2D eigenvalue weighted by Gasteiger charge is 1.98. The largest absolute Gasteiger partial charge is 0.384 e. The number of aromatic nitrogens is 3. The van der Waals surface area contributed by atoms with E-state index in [0.717, 1.165) is 5.52 Å². The lowest BCUT2D eigenvalue weighted by Gasteiger charge is -1.97. The van der Waals surface area contributed by atoms with Gasteiger partial charge in [0.2, 0.25) is 0 Å². The van der Waals surface area contributed by atoms with E-state index >= 15 is 0 Å². The van der Waals surface area contributed by atoms with E-state index < -0.39 is 0 Å². The average molecular weight is 161 g/mol. The van der Waals surface area contributed by atoms with Crippen LogP contribution < -0.4 is 5.73 Å². The Morgan fingerprint density at radius 2 is 2.33 bits per heavy atom. The Morgan fingerprint density at radius 3 is 3.08 bits per heavy atom. The third-order valence-electron chi connectivity index (χ3n) is 1.61. The molecule has 0 aromatic carbocycles. The molecule has 2 aromatic heterocycles. The lowest BCUT2D eigenvalue weighted by atomic mass is 10.2. The molecule has 12 heavy (non-hydrogen) atoms. The van der Waals surface area contributed by atoms with Crippen LogP contribution in [-0.2, 0) is 0 Å². The molecule has 0 radical (unpaired) electrons. The SMILES string of the molecule is N=C(N)c1ccc2cnnn2c1. The minimum Gasteiger partial charge on any atom is -0.384 e. The summed E-state index contributed by atoms with van der Waals surface area (Å²) in [6.45, 7) is 0. The van der Waals surface area contributed by atoms with Crippen LogP contribution in [0.1, 0.15) is 5.56 Å². The first-order chi connectivity index (χ1) is 5.77. The van der Waals surface area contributed by atoms with Gasteiger partial charge in [-0.25, -0.2) is 4.52 Å². The van der Waals surface area contributed by atoms with Gasteiger partial charge in [-0.2, -0.15) is 0 Å². The molecule has 0 aliphatic carbocycles. The summed E-state index contributed by atoms with van der Waals surface area (Å²) in [5.74, 6) is 0.0346. The van der Waals surface area contributed by atoms with E-state index in [-0.39, 0.29) is 5.84 Å². The second kappa shape index (κ2) is 2.30. The van der Waals surface area contributed by atoms with Crippen LogP contribution in [-0.4, -0.2) is 20.7 Å². The highest BCUT2D eigenvalue weighted by Crippen LogP contribution is 2.02. The summed E-state index contributed by atoms with van der Waals surface area (Å²) in [6.07, 6.45) is 3.31. The molecular formula is C7H7N5. The van der Waals surface area contributed by atoms with Crippen LogP contribution in [0, 0.1) is 5.41 Å². The first kappa shape index (κ1) is 6.78. The maximum atomic E-state index is 7.18. The maximum absolute atomic E-state index is 7.18. The number of hydrogen-bond donors (Lipinski definition) is 2. The smallest absolute Gasteiger partial charge is 0.124 e. The van der Waals surface area contributed by atoms with Gasteiger partial charge in [-0.05, 0) is 12.1 Å². The van der Waals surface area contributed by atoms with Gasteiger partial charge in [-0.15, -0.1) is 5.10 Å². The zero-order valence-corrected chi connectivity index (χ0v) is 6.23. The summed E-state index contributed by atoms with van der Waals surface area (Å²) in [4.78, 5) is 0. The van der Waals surface area contributed by atoms with Gasteiger partial charge in [-0.1, -0.05) is 5.21 Å². The summed E-state index contributed by atoms with van der Waals surface area (Å²) in [5.41, 5.74) is 6.83. The lowest BCUT2D eigenvalue weighted by molar-refractivity contribution is 0.854. The van der Waals surface area contributed by atoms with E-state index in [1.54, 1.807) is 23.0 Å². The molecule has 0 fully saturated rings. The minimum atomic E-state index is 0.0346. The monoisotopic (exact) mass is 161 g/mol. The fraction of sp³-hybridized carbons (Fsp3) is 0. The number of fused-ring (bicyclic) bond motifs is 1. The van der Waals surface area contributed by atoms with Crippen molar-refractivity contribution in [2.45, 2.75) is 0 Å². The van der Waals surface area contributed by atoms with Crippen molar-refractivity contribution in [1.29, 1.82) is 5.41 Å². The maximum Gasteiger partial charge on any atom is 0.124 e. The Kier molecular flexibility index (Phi) is 1.30. The van der Waals surface area contributed by atoms with E-state index in [9.17, 15) is 0 Å². The van der Waals surface area contributed by atoms with Crippen molar-refractivity contribution in [2.24, 2.45) is 5.73 Å². The first-order valence-electron chi connectivity index (χ1n) is 3.42. The van der Waals surface area contributed by atoms with Crippen molar-refractivity contribution in [1.82, 2.24) is 14.8 Å². The van der Waals surface area contributed by atoms with Crippen LogP contribution in [0.5, 0.6) is 0 Å². The second-order valence-corrected chi connectivity index (χ2v) is 2.43. The predicted octanol–water partition coefficient (Wildman–Crippen LogP) is 0.0134. The second-order valence-electron chi connectivity index (χ2n) is 2.43. The van der Waals surface area contributed by atoms with E-state index in [1.807, 2.05) is 6.07 Å². The fourth-order valence-electron chi connectivity index (χ4n) is 0.980. The summed E-state index contributed by atoms with van der Waals surface area (Å²) < 4.78 is 1.58. The zero-order valence-electron chi connectivity index (χ0n) is 6.23. The number of amidine groups is 1. The highest BCUT2D eigenvalue weighted by atomic mass is 15.4. The summed E-state index contributed by atoms with van der Waals surface area (Å²) in [6, 6.07) is 3.58. The van der Waals surface area contributed by atoms with Gasteiger partial charge in [0.1, 0.15) is 5.84 Å². The quantitative estimate of drug-likeness (QED) is 0.456. The Morgan fingerprint density at radius 1 is 1.50 bits per heavy atom. The van der Waals surface area contributed by atoms with Crippen LogP contribution in [0.2, 0.25) is 0 Å². The number of pyridine rings is 1. The van der Waals surface area contributed by atoms with Gasteiger partial charge in [0.05, 0.1) is 11.7 Å². The Balaban J connectivity index is 2.68. The number of hydrogen-bond acceptors (Lipinski definition) is 3. The molecular weight excluding hydrogens is 154 g/mol. The molecule has 0 aliphatic heterocycles. The van der Waals surface area contributed by atoms with E-state index in [2.05, 4.69) is 10.3 Å². The summed E-state index contributed by atoms with van der Waals surface area (Å²) in [5, 5.41) is 14.7. The molecule has 2 rings (SSSR count). The third kappa shape index (κ3) is 0.914. The molecule has 0 atom stereocenters. The molecule has 2 aromatic rings. The molecule has 0 bridgehead atoms. The lowest BCUT2D eigenvalue weighted by Crippen LogP contribution is -2.11. The predicted molar refractivity (Wildman–Crippen MR) is 44.0 cm³/mol. The molecule has 3 N–H and O–H groups in total. The van der Waals surface area contributed by atoms with Gasteiger partial charge in [0.25, 0.3) is 0 Å². The number of nitrogen functional groups attached to an aromatic ring is 1. The third-order valence-corrected chi connectivity index (χ3v) is 1.61. The van der Waals surface area contributed by atoms with Crippen molar-refractivity contribution < 1.29 is 0 Å². The van der Waals surface area contributed by atoms with Gasteiger partial charge in [0.15, 0.2) is 0 Å². The van der Waals surface area contributed by atoms with Crippen molar-refractivity contribution >= 4 is 11.4 Å².